The van der Waals surface area contributed by atoms with Gasteiger partial charge in [0.05, 0.1) is 0 Å². The molecule has 2 unspecified atom stereocenters. The molecule has 3 amide bonds. The minimum absolute atomic E-state index is 0.0199. The van der Waals surface area contributed by atoms with Gasteiger partial charge in [-0.15, -0.1) is 0 Å². The molecule has 1 saturated carbocycles. The first-order valence-electron chi connectivity index (χ1n) is 7.42. The second-order valence-electron chi connectivity index (χ2n) is 5.86. The molecule has 20 heavy (non-hydrogen) atoms. The normalized spacial score (nSPS) is 27.4. The third-order valence-corrected chi connectivity index (χ3v) is 4.11. The Hall–Kier alpha value is -1.59. The molecule has 1 aliphatic carbocycles. The molecule has 1 heterocycles. The highest BCUT2D eigenvalue weighted by molar-refractivity contribution is 6.35. The van der Waals surface area contributed by atoms with Crippen LogP contribution in [0.4, 0.5) is 0 Å². The maximum Gasteiger partial charge on any atom is 0.312 e. The summed E-state index contributed by atoms with van der Waals surface area (Å²) in [6, 6.07) is 0.0926. The number of carbonyl (C=O) groups is 3. The van der Waals surface area contributed by atoms with Gasteiger partial charge in [-0.25, -0.2) is 0 Å². The summed E-state index contributed by atoms with van der Waals surface area (Å²) in [5.41, 5.74) is 0. The van der Waals surface area contributed by atoms with E-state index in [0.717, 1.165) is 25.7 Å². The standard InChI is InChI=1S/C14H23N3O3/c1-10-3-2-4-11(6-5-10)16-13(19)14(20)17-8-7-15-12(18)9-17/h10-11H,2-9H2,1H3,(H,15,18)(H,16,19). The van der Waals surface area contributed by atoms with Crippen molar-refractivity contribution in [1.29, 1.82) is 0 Å². The lowest BCUT2D eigenvalue weighted by atomic mass is 10.0. The van der Waals surface area contributed by atoms with Crippen LogP contribution < -0.4 is 10.6 Å². The van der Waals surface area contributed by atoms with E-state index >= 15 is 0 Å². The number of piperazine rings is 1. The van der Waals surface area contributed by atoms with Gasteiger partial charge in [-0.2, -0.15) is 0 Å². The molecule has 0 aromatic heterocycles. The third-order valence-electron chi connectivity index (χ3n) is 4.11. The zero-order valence-electron chi connectivity index (χ0n) is 12.0. The Labute approximate surface area is 119 Å². The molecule has 2 N–H and O–H groups in total. The summed E-state index contributed by atoms with van der Waals surface area (Å²) in [5, 5.41) is 5.47. The van der Waals surface area contributed by atoms with E-state index in [1.54, 1.807) is 0 Å². The van der Waals surface area contributed by atoms with Gasteiger partial charge < -0.3 is 15.5 Å². The van der Waals surface area contributed by atoms with Crippen LogP contribution in [0.2, 0.25) is 0 Å². The highest BCUT2D eigenvalue weighted by Gasteiger charge is 2.28. The van der Waals surface area contributed by atoms with Crippen LogP contribution in [0.5, 0.6) is 0 Å². The number of nitrogens with one attached hydrogen (secondary N) is 2. The van der Waals surface area contributed by atoms with E-state index in [1.165, 1.54) is 11.3 Å². The maximum absolute atomic E-state index is 12.0. The van der Waals surface area contributed by atoms with E-state index in [2.05, 4.69) is 17.6 Å². The predicted molar refractivity (Wildman–Crippen MR) is 73.8 cm³/mol. The van der Waals surface area contributed by atoms with E-state index in [-0.39, 0.29) is 18.5 Å². The number of carbonyl (C=O) groups excluding carboxylic acids is 3. The fourth-order valence-corrected chi connectivity index (χ4v) is 2.83. The first-order valence-corrected chi connectivity index (χ1v) is 7.42. The van der Waals surface area contributed by atoms with Crippen LogP contribution in [-0.4, -0.2) is 48.3 Å². The van der Waals surface area contributed by atoms with E-state index in [1.807, 2.05) is 0 Å². The van der Waals surface area contributed by atoms with Gasteiger partial charge in [0, 0.05) is 19.1 Å². The van der Waals surface area contributed by atoms with Crippen molar-refractivity contribution in [1.82, 2.24) is 15.5 Å². The van der Waals surface area contributed by atoms with Gasteiger partial charge in [-0.3, -0.25) is 14.4 Å². The first kappa shape index (κ1) is 14.8. The molecular formula is C14H23N3O3. The molecule has 0 spiro atoms. The number of hydrogen-bond acceptors (Lipinski definition) is 3. The summed E-state index contributed by atoms with van der Waals surface area (Å²) in [6.07, 6.45) is 5.23. The third kappa shape index (κ3) is 3.95. The monoisotopic (exact) mass is 281 g/mol. The number of hydrogen-bond donors (Lipinski definition) is 2. The van der Waals surface area contributed by atoms with Gasteiger partial charge in [0.2, 0.25) is 5.91 Å². The summed E-state index contributed by atoms with van der Waals surface area (Å²) in [5.74, 6) is -0.671. The minimum Gasteiger partial charge on any atom is -0.353 e. The number of amides is 3. The molecular weight excluding hydrogens is 258 g/mol. The summed E-state index contributed by atoms with van der Waals surface area (Å²) in [4.78, 5) is 36.5. The second-order valence-corrected chi connectivity index (χ2v) is 5.86. The summed E-state index contributed by atoms with van der Waals surface area (Å²) in [6.45, 7) is 3.02. The van der Waals surface area contributed by atoms with E-state index in [0.29, 0.717) is 19.0 Å². The molecule has 6 nitrogen and oxygen atoms in total. The van der Waals surface area contributed by atoms with Gasteiger partial charge in [0.1, 0.15) is 6.54 Å². The molecule has 2 aliphatic rings. The average Bonchev–Trinajstić information content (AvgIpc) is 2.63. The lowest BCUT2D eigenvalue weighted by molar-refractivity contribution is -0.148. The van der Waals surface area contributed by atoms with Gasteiger partial charge in [-0.1, -0.05) is 19.8 Å². The highest BCUT2D eigenvalue weighted by Crippen LogP contribution is 2.22. The lowest BCUT2D eigenvalue weighted by Gasteiger charge is -2.26. The number of rotatable bonds is 1. The Morgan fingerprint density at radius 3 is 2.80 bits per heavy atom. The van der Waals surface area contributed by atoms with Crippen molar-refractivity contribution < 1.29 is 14.4 Å². The molecule has 2 atom stereocenters. The summed E-state index contributed by atoms with van der Waals surface area (Å²) >= 11 is 0. The Morgan fingerprint density at radius 2 is 2.05 bits per heavy atom. The Balaban J connectivity index is 1.84. The molecule has 2 fully saturated rings. The Bertz CT molecular complexity index is 397. The van der Waals surface area contributed by atoms with Crippen LogP contribution in [0.3, 0.4) is 0 Å². The van der Waals surface area contributed by atoms with Crippen LogP contribution in [-0.2, 0) is 14.4 Å². The molecule has 112 valence electrons. The predicted octanol–water partition coefficient (Wildman–Crippen LogP) is 0.0298. The average molecular weight is 281 g/mol. The Kier molecular flexibility index (Phi) is 4.98. The molecule has 2 rings (SSSR count). The fraction of sp³-hybridized carbons (Fsp3) is 0.786. The van der Waals surface area contributed by atoms with E-state index < -0.39 is 11.8 Å². The number of nitrogens with zero attached hydrogens (tertiary/aromatic N) is 1. The topological polar surface area (TPSA) is 78.5 Å². The smallest absolute Gasteiger partial charge is 0.312 e. The zero-order chi connectivity index (χ0) is 14.5. The van der Waals surface area contributed by atoms with Crippen LogP contribution >= 0.6 is 0 Å². The van der Waals surface area contributed by atoms with Crippen molar-refractivity contribution in [3.8, 4) is 0 Å². The van der Waals surface area contributed by atoms with Crippen LogP contribution in [0.25, 0.3) is 0 Å². The van der Waals surface area contributed by atoms with Gasteiger partial charge in [-0.05, 0) is 25.2 Å². The largest absolute Gasteiger partial charge is 0.353 e. The SMILES string of the molecule is CC1CCCC(NC(=O)C(=O)N2CCNC(=O)C2)CC1. The first-order chi connectivity index (χ1) is 9.56. The lowest BCUT2D eigenvalue weighted by Crippen LogP contribution is -2.54. The summed E-state index contributed by atoms with van der Waals surface area (Å²) < 4.78 is 0. The van der Waals surface area contributed by atoms with Crippen molar-refractivity contribution in [2.45, 2.75) is 45.1 Å². The van der Waals surface area contributed by atoms with Crippen molar-refractivity contribution in [2.75, 3.05) is 19.6 Å². The molecule has 0 aromatic rings. The Morgan fingerprint density at radius 1 is 1.25 bits per heavy atom. The molecule has 0 aromatic carbocycles. The molecule has 6 heteroatoms. The molecule has 0 bridgehead atoms. The zero-order valence-corrected chi connectivity index (χ0v) is 12.0. The van der Waals surface area contributed by atoms with E-state index in [4.69, 9.17) is 0 Å². The quantitative estimate of drug-likeness (QED) is 0.526. The molecule has 0 radical (unpaired) electrons. The minimum atomic E-state index is -0.586. The van der Waals surface area contributed by atoms with Crippen molar-refractivity contribution in [3.05, 3.63) is 0 Å². The molecule has 1 aliphatic heterocycles. The van der Waals surface area contributed by atoms with Crippen LogP contribution in [0.15, 0.2) is 0 Å². The van der Waals surface area contributed by atoms with Crippen LogP contribution in [0, 0.1) is 5.92 Å². The fourth-order valence-electron chi connectivity index (χ4n) is 2.83. The van der Waals surface area contributed by atoms with Gasteiger partial charge in [0.15, 0.2) is 0 Å². The van der Waals surface area contributed by atoms with Crippen molar-refractivity contribution in [3.63, 3.8) is 0 Å². The molecule has 1 saturated heterocycles. The van der Waals surface area contributed by atoms with Crippen molar-refractivity contribution >= 4 is 17.7 Å². The van der Waals surface area contributed by atoms with Gasteiger partial charge in [0.25, 0.3) is 0 Å². The van der Waals surface area contributed by atoms with Gasteiger partial charge >= 0.3 is 11.8 Å². The second kappa shape index (κ2) is 6.72. The van der Waals surface area contributed by atoms with Crippen molar-refractivity contribution in [2.24, 2.45) is 5.92 Å². The maximum atomic E-state index is 12.0. The highest BCUT2D eigenvalue weighted by atomic mass is 16.2. The summed E-state index contributed by atoms with van der Waals surface area (Å²) in [7, 11) is 0. The van der Waals surface area contributed by atoms with Crippen LogP contribution in [0.1, 0.15) is 39.0 Å². The van der Waals surface area contributed by atoms with E-state index in [9.17, 15) is 14.4 Å².